The Bertz CT molecular complexity index is 212. The molecule has 0 radical (unpaired) electrons. The van der Waals surface area contributed by atoms with Gasteiger partial charge in [0.25, 0.3) is 0 Å². The summed E-state index contributed by atoms with van der Waals surface area (Å²) < 4.78 is 5.82. The van der Waals surface area contributed by atoms with Crippen LogP contribution in [0.4, 0.5) is 0 Å². The molecule has 0 aromatic heterocycles. The number of nitrogens with one attached hydrogen (secondary N) is 1. The molecule has 0 bridgehead atoms. The summed E-state index contributed by atoms with van der Waals surface area (Å²) in [6.45, 7) is 11.1. The van der Waals surface area contributed by atoms with Crippen molar-refractivity contribution < 1.29 is 4.74 Å². The summed E-state index contributed by atoms with van der Waals surface area (Å²) in [5.41, 5.74) is 0. The second-order valence-corrected chi connectivity index (χ2v) is 5.32. The fraction of sp³-hybridized carbons (Fsp3) is 1.00. The van der Waals surface area contributed by atoms with Gasteiger partial charge in [-0.25, -0.2) is 0 Å². The van der Waals surface area contributed by atoms with Crippen molar-refractivity contribution in [2.75, 3.05) is 59.5 Å². The highest BCUT2D eigenvalue weighted by Gasteiger charge is 2.22. The lowest BCUT2D eigenvalue weighted by Crippen LogP contribution is -2.47. The maximum Gasteiger partial charge on any atom is 0.0829 e. The number of nitrogens with zero attached hydrogens (tertiary/aromatic N) is 2. The normalized spacial score (nSPS) is 34.9. The molecule has 0 amide bonds. The van der Waals surface area contributed by atoms with Crippen molar-refractivity contribution in [1.82, 2.24) is 15.1 Å². The summed E-state index contributed by atoms with van der Waals surface area (Å²) in [7, 11) is 2.18. The van der Waals surface area contributed by atoms with Gasteiger partial charge < -0.3 is 15.0 Å². The second-order valence-electron chi connectivity index (χ2n) is 5.32. The first-order valence-corrected chi connectivity index (χ1v) is 6.47. The molecule has 2 aliphatic heterocycles. The Morgan fingerprint density at radius 3 is 3.00 bits per heavy atom. The molecule has 4 nitrogen and oxygen atoms in total. The quantitative estimate of drug-likeness (QED) is 0.710. The summed E-state index contributed by atoms with van der Waals surface area (Å²) in [4.78, 5) is 4.92. The smallest absolute Gasteiger partial charge is 0.0829 e. The lowest BCUT2D eigenvalue weighted by Gasteiger charge is -2.33. The largest absolute Gasteiger partial charge is 0.374 e. The minimum absolute atomic E-state index is 0.407. The molecule has 0 spiro atoms. The Kier molecular flexibility index (Phi) is 4.58. The summed E-state index contributed by atoms with van der Waals surface area (Å²) in [5.74, 6) is 0.754. The molecule has 2 unspecified atom stereocenters. The van der Waals surface area contributed by atoms with Crippen molar-refractivity contribution in [3.63, 3.8) is 0 Å². The van der Waals surface area contributed by atoms with Gasteiger partial charge in [-0.3, -0.25) is 4.90 Å². The van der Waals surface area contributed by atoms with E-state index >= 15 is 0 Å². The number of hydrogen-bond acceptors (Lipinski definition) is 4. The molecule has 2 saturated heterocycles. The molecule has 1 N–H and O–H groups in total. The third-order valence-corrected chi connectivity index (χ3v) is 3.47. The van der Waals surface area contributed by atoms with Gasteiger partial charge in [0.2, 0.25) is 0 Å². The van der Waals surface area contributed by atoms with Crippen molar-refractivity contribution in [3.8, 4) is 0 Å². The number of rotatable bonds is 2. The van der Waals surface area contributed by atoms with Crippen LogP contribution in [0.1, 0.15) is 6.92 Å². The van der Waals surface area contributed by atoms with Gasteiger partial charge >= 0.3 is 0 Å². The Hall–Kier alpha value is -0.160. The average molecular weight is 227 g/mol. The van der Waals surface area contributed by atoms with Crippen molar-refractivity contribution in [2.45, 2.75) is 13.0 Å². The fourth-order valence-corrected chi connectivity index (χ4v) is 2.61. The summed E-state index contributed by atoms with van der Waals surface area (Å²) in [5, 5.41) is 3.48. The van der Waals surface area contributed by atoms with Crippen LogP contribution in [0.2, 0.25) is 0 Å². The van der Waals surface area contributed by atoms with E-state index in [1.807, 2.05) is 0 Å². The zero-order chi connectivity index (χ0) is 11.4. The van der Waals surface area contributed by atoms with Gasteiger partial charge in [0.1, 0.15) is 0 Å². The Morgan fingerprint density at radius 1 is 1.31 bits per heavy atom. The number of likely N-dealkylation sites (N-methyl/N-ethyl adjacent to an activating group) is 1. The van der Waals surface area contributed by atoms with Crippen molar-refractivity contribution in [1.29, 1.82) is 0 Å². The number of ether oxygens (including phenoxy) is 1. The first-order chi connectivity index (χ1) is 7.74. The summed E-state index contributed by atoms with van der Waals surface area (Å²) in [6.07, 6.45) is 0.407. The molecule has 94 valence electrons. The SMILES string of the molecule is CC1CNCCN(CC2CN(C)CCO2)C1. The van der Waals surface area contributed by atoms with Gasteiger partial charge in [-0.1, -0.05) is 6.92 Å². The van der Waals surface area contributed by atoms with Gasteiger partial charge in [-0.05, 0) is 19.5 Å². The van der Waals surface area contributed by atoms with Crippen LogP contribution in [-0.4, -0.2) is 75.4 Å². The van der Waals surface area contributed by atoms with E-state index < -0.39 is 0 Å². The molecule has 0 aliphatic carbocycles. The fourth-order valence-electron chi connectivity index (χ4n) is 2.61. The first kappa shape index (κ1) is 12.3. The molecule has 2 fully saturated rings. The number of morpholine rings is 1. The van der Waals surface area contributed by atoms with Crippen molar-refractivity contribution >= 4 is 0 Å². The molecule has 4 heteroatoms. The van der Waals surface area contributed by atoms with Gasteiger partial charge in [0, 0.05) is 39.3 Å². The second kappa shape index (κ2) is 5.96. The Balaban J connectivity index is 1.78. The first-order valence-electron chi connectivity index (χ1n) is 6.47. The third kappa shape index (κ3) is 3.70. The molecule has 2 heterocycles. The van der Waals surface area contributed by atoms with Crippen molar-refractivity contribution in [3.05, 3.63) is 0 Å². The topological polar surface area (TPSA) is 27.7 Å². The number of hydrogen-bond donors (Lipinski definition) is 1. The lowest BCUT2D eigenvalue weighted by atomic mass is 10.1. The summed E-state index contributed by atoms with van der Waals surface area (Å²) in [6, 6.07) is 0. The standard InChI is InChI=1S/C12H25N3O/c1-11-7-13-3-4-15(8-11)10-12-9-14(2)5-6-16-12/h11-13H,3-10H2,1-2H3. The summed E-state index contributed by atoms with van der Waals surface area (Å²) >= 11 is 0. The van der Waals surface area contributed by atoms with E-state index in [1.54, 1.807) is 0 Å². The van der Waals surface area contributed by atoms with E-state index in [-0.39, 0.29) is 0 Å². The molecule has 0 aromatic rings. The molecule has 0 saturated carbocycles. The molecular formula is C12H25N3O. The lowest BCUT2D eigenvalue weighted by molar-refractivity contribution is -0.0358. The maximum atomic E-state index is 5.82. The molecule has 16 heavy (non-hydrogen) atoms. The van der Waals surface area contributed by atoms with E-state index in [4.69, 9.17) is 4.74 Å². The molecule has 0 aromatic carbocycles. The zero-order valence-electron chi connectivity index (χ0n) is 10.6. The predicted octanol–water partition coefficient (Wildman–Crippen LogP) is -0.142. The molecular weight excluding hydrogens is 202 g/mol. The van der Waals surface area contributed by atoms with Crippen LogP contribution in [-0.2, 0) is 4.74 Å². The van der Waals surface area contributed by atoms with Crippen LogP contribution < -0.4 is 5.32 Å². The third-order valence-electron chi connectivity index (χ3n) is 3.47. The highest BCUT2D eigenvalue weighted by molar-refractivity contribution is 4.77. The van der Waals surface area contributed by atoms with Gasteiger partial charge in [0.05, 0.1) is 12.7 Å². The van der Waals surface area contributed by atoms with Crippen LogP contribution in [0.15, 0.2) is 0 Å². The Labute approximate surface area is 98.9 Å². The molecule has 2 rings (SSSR count). The predicted molar refractivity (Wildman–Crippen MR) is 65.7 cm³/mol. The monoisotopic (exact) mass is 227 g/mol. The van der Waals surface area contributed by atoms with Crippen LogP contribution >= 0.6 is 0 Å². The van der Waals surface area contributed by atoms with Gasteiger partial charge in [-0.15, -0.1) is 0 Å². The highest BCUT2D eigenvalue weighted by Crippen LogP contribution is 2.08. The van der Waals surface area contributed by atoms with Crippen LogP contribution in [0.25, 0.3) is 0 Å². The van der Waals surface area contributed by atoms with E-state index in [2.05, 4.69) is 29.1 Å². The van der Waals surface area contributed by atoms with E-state index in [0.29, 0.717) is 6.10 Å². The van der Waals surface area contributed by atoms with E-state index in [9.17, 15) is 0 Å². The van der Waals surface area contributed by atoms with E-state index in [1.165, 1.54) is 6.54 Å². The van der Waals surface area contributed by atoms with Crippen LogP contribution in [0.5, 0.6) is 0 Å². The van der Waals surface area contributed by atoms with Crippen molar-refractivity contribution in [2.24, 2.45) is 5.92 Å². The van der Waals surface area contributed by atoms with E-state index in [0.717, 1.165) is 51.8 Å². The van der Waals surface area contributed by atoms with Crippen LogP contribution in [0.3, 0.4) is 0 Å². The maximum absolute atomic E-state index is 5.82. The minimum atomic E-state index is 0.407. The molecule has 2 atom stereocenters. The minimum Gasteiger partial charge on any atom is -0.374 e. The average Bonchev–Trinajstić information content (AvgIpc) is 2.43. The van der Waals surface area contributed by atoms with Crippen LogP contribution in [0, 0.1) is 5.92 Å². The Morgan fingerprint density at radius 2 is 2.19 bits per heavy atom. The zero-order valence-corrected chi connectivity index (χ0v) is 10.6. The van der Waals surface area contributed by atoms with Gasteiger partial charge in [0.15, 0.2) is 0 Å². The van der Waals surface area contributed by atoms with Gasteiger partial charge in [-0.2, -0.15) is 0 Å². The molecule has 2 aliphatic rings. The highest BCUT2D eigenvalue weighted by atomic mass is 16.5.